The van der Waals surface area contributed by atoms with E-state index in [1.54, 1.807) is 0 Å². The quantitative estimate of drug-likeness (QED) is 0.0264. The number of hydrogen-bond donors (Lipinski definition) is 2. The molecule has 0 heterocycles. The van der Waals surface area contributed by atoms with E-state index in [1.807, 2.05) is 12.2 Å². The number of carbonyl (C=O) groups excluding carboxylic acids is 2. The number of phosphoric acid groups is 1. The van der Waals surface area contributed by atoms with Crippen molar-refractivity contribution in [3.05, 3.63) is 85.1 Å². The predicted molar refractivity (Wildman–Crippen MR) is 284 cm³/mol. The number of carbonyl (C=O) groups is 2. The second-order valence-electron chi connectivity index (χ2n) is 17.7. The van der Waals surface area contributed by atoms with Gasteiger partial charge in [0.1, 0.15) is 6.61 Å². The maximum absolute atomic E-state index is 12.6. The summed E-state index contributed by atoms with van der Waals surface area (Å²) in [6, 6.07) is 0. The number of rotatable bonds is 50. The van der Waals surface area contributed by atoms with Crippen LogP contribution >= 0.6 is 7.82 Å². The number of phosphoric ester groups is 1. The van der Waals surface area contributed by atoms with Crippen molar-refractivity contribution < 1.29 is 37.6 Å². The zero-order chi connectivity index (χ0) is 48.8. The summed E-state index contributed by atoms with van der Waals surface area (Å²) in [6.07, 6.45) is 68.0. The minimum absolute atomic E-state index is 0.0387. The summed E-state index contributed by atoms with van der Waals surface area (Å²) in [5.41, 5.74) is 5.36. The van der Waals surface area contributed by atoms with Gasteiger partial charge in [0.2, 0.25) is 0 Å². The largest absolute Gasteiger partial charge is 0.472 e. The van der Waals surface area contributed by atoms with Crippen LogP contribution in [0.1, 0.15) is 232 Å². The van der Waals surface area contributed by atoms with Gasteiger partial charge < -0.3 is 20.1 Å². The minimum Gasteiger partial charge on any atom is -0.462 e. The van der Waals surface area contributed by atoms with Crippen molar-refractivity contribution >= 4 is 19.8 Å². The van der Waals surface area contributed by atoms with Crippen molar-refractivity contribution in [3.63, 3.8) is 0 Å². The smallest absolute Gasteiger partial charge is 0.462 e. The number of nitrogens with two attached hydrogens (primary N) is 1. The lowest BCUT2D eigenvalue weighted by atomic mass is 10.0. The second-order valence-corrected chi connectivity index (χ2v) is 19.2. The molecule has 386 valence electrons. The van der Waals surface area contributed by atoms with Gasteiger partial charge in [0.25, 0.3) is 0 Å². The fourth-order valence-corrected chi connectivity index (χ4v) is 8.07. The average Bonchev–Trinajstić information content (AvgIpc) is 3.32. The topological polar surface area (TPSA) is 134 Å². The van der Waals surface area contributed by atoms with E-state index in [0.717, 1.165) is 57.8 Å². The maximum Gasteiger partial charge on any atom is 0.472 e. The van der Waals surface area contributed by atoms with Crippen LogP contribution in [-0.2, 0) is 32.7 Å². The number of unbranched alkanes of at least 4 members (excludes halogenated alkanes) is 23. The van der Waals surface area contributed by atoms with Crippen molar-refractivity contribution in [2.45, 2.75) is 238 Å². The van der Waals surface area contributed by atoms with Gasteiger partial charge in [-0.2, -0.15) is 0 Å². The Hall–Kier alpha value is -2.81. The molecular weight excluding hydrogens is 858 g/mol. The summed E-state index contributed by atoms with van der Waals surface area (Å²) in [7, 11) is -4.41. The number of allylic oxidation sites excluding steroid dienone is 14. The first-order valence-corrected chi connectivity index (χ1v) is 28.6. The van der Waals surface area contributed by atoms with E-state index < -0.39 is 32.5 Å². The zero-order valence-corrected chi connectivity index (χ0v) is 43.8. The van der Waals surface area contributed by atoms with Crippen molar-refractivity contribution in [2.24, 2.45) is 5.73 Å². The summed E-state index contributed by atoms with van der Waals surface area (Å²) in [4.78, 5) is 35.0. The Labute approximate surface area is 411 Å². The van der Waals surface area contributed by atoms with Crippen molar-refractivity contribution in [2.75, 3.05) is 26.4 Å². The van der Waals surface area contributed by atoms with E-state index in [1.165, 1.54) is 141 Å². The molecule has 0 rings (SSSR count). The van der Waals surface area contributed by atoms with Crippen LogP contribution < -0.4 is 5.73 Å². The SMILES string of the molecule is CC/C=C\C/C=C\C/C=C\C/C=C\C/C=C\C/C=C\CCC(=O)OC(COC(=O)CCCCCCCCCCCCCCCCC/C=C\CCCCCCCCCC)COP(=O)(O)OCCN. The Balaban J connectivity index is 4.06. The van der Waals surface area contributed by atoms with Crippen LogP contribution in [0.25, 0.3) is 0 Å². The Bertz CT molecular complexity index is 1370. The fourth-order valence-electron chi connectivity index (χ4n) is 7.30. The van der Waals surface area contributed by atoms with E-state index in [0.29, 0.717) is 6.42 Å². The molecule has 9 nitrogen and oxygen atoms in total. The van der Waals surface area contributed by atoms with Gasteiger partial charge in [0, 0.05) is 19.4 Å². The van der Waals surface area contributed by atoms with Gasteiger partial charge in [-0.3, -0.25) is 18.6 Å². The third-order valence-electron chi connectivity index (χ3n) is 11.3. The zero-order valence-electron chi connectivity index (χ0n) is 42.9. The summed E-state index contributed by atoms with van der Waals surface area (Å²) in [6.45, 7) is 3.55. The molecule has 0 aromatic heterocycles. The first-order valence-electron chi connectivity index (χ1n) is 27.1. The lowest BCUT2D eigenvalue weighted by Crippen LogP contribution is -2.29. The van der Waals surface area contributed by atoms with Crippen molar-refractivity contribution in [1.29, 1.82) is 0 Å². The van der Waals surface area contributed by atoms with Crippen LogP contribution in [0.3, 0.4) is 0 Å². The van der Waals surface area contributed by atoms with E-state index in [2.05, 4.69) is 86.8 Å². The third kappa shape index (κ3) is 52.4. The second kappa shape index (κ2) is 52.6. The Morgan fingerprint density at radius 3 is 1.28 bits per heavy atom. The molecule has 2 unspecified atom stereocenters. The van der Waals surface area contributed by atoms with Gasteiger partial charge in [-0.1, -0.05) is 227 Å². The van der Waals surface area contributed by atoms with Crippen molar-refractivity contribution in [3.8, 4) is 0 Å². The van der Waals surface area contributed by atoms with Gasteiger partial charge in [-0.25, -0.2) is 4.57 Å². The van der Waals surface area contributed by atoms with Crippen LogP contribution in [0.4, 0.5) is 0 Å². The lowest BCUT2D eigenvalue weighted by molar-refractivity contribution is -0.161. The summed E-state index contributed by atoms with van der Waals surface area (Å²) < 4.78 is 32.9. The van der Waals surface area contributed by atoms with Crippen molar-refractivity contribution in [1.82, 2.24) is 0 Å². The molecule has 0 aromatic rings. The Morgan fingerprint density at radius 1 is 0.463 bits per heavy atom. The van der Waals surface area contributed by atoms with Crippen LogP contribution in [-0.4, -0.2) is 49.3 Å². The van der Waals surface area contributed by atoms with Gasteiger partial charge in [-0.15, -0.1) is 0 Å². The molecule has 2 atom stereocenters. The average molecular weight is 958 g/mol. The van der Waals surface area contributed by atoms with E-state index >= 15 is 0 Å². The first kappa shape index (κ1) is 64.2. The van der Waals surface area contributed by atoms with Crippen LogP contribution in [0, 0.1) is 0 Å². The predicted octanol–water partition coefficient (Wildman–Crippen LogP) is 16.7. The normalized spacial score (nSPS) is 13.8. The molecule has 10 heteroatoms. The molecule has 3 N–H and O–H groups in total. The Morgan fingerprint density at radius 2 is 0.851 bits per heavy atom. The van der Waals surface area contributed by atoms with Gasteiger partial charge in [-0.05, 0) is 77.0 Å². The minimum atomic E-state index is -4.41. The highest BCUT2D eigenvalue weighted by molar-refractivity contribution is 7.47. The molecule has 0 aliphatic carbocycles. The molecule has 67 heavy (non-hydrogen) atoms. The standard InChI is InChI=1S/C57H100NO8P/c1-3-5-7-9-11-13-15-17-19-21-23-24-25-26-27-28-29-30-32-33-35-37-39-41-43-45-47-49-56(59)63-53-55(54-65-67(61,62)64-52-51-58)66-57(60)50-48-46-44-42-40-38-36-34-31-22-20-18-16-14-12-10-8-6-4-2/h6,8,12,14,18,20-21,23,31,34,38,40,44,46,55H,3-5,7,9-11,13,15-17,19,22,24-30,32-33,35-37,39,41-43,45,47-54,58H2,1-2H3,(H,61,62)/b8-6-,14-12-,20-18-,23-21-,34-31-,40-38-,46-44-. The molecule has 0 amide bonds. The molecule has 0 fully saturated rings. The Kier molecular flexibility index (Phi) is 50.4. The third-order valence-corrected chi connectivity index (χ3v) is 12.3. The van der Waals surface area contributed by atoms with Crippen LogP contribution in [0.2, 0.25) is 0 Å². The number of esters is 2. The van der Waals surface area contributed by atoms with E-state index in [-0.39, 0.29) is 32.6 Å². The van der Waals surface area contributed by atoms with Gasteiger partial charge in [0.15, 0.2) is 6.10 Å². The molecule has 0 aliphatic rings. The van der Waals surface area contributed by atoms with Gasteiger partial charge in [0.05, 0.1) is 13.2 Å². The monoisotopic (exact) mass is 958 g/mol. The molecule has 0 saturated heterocycles. The molecule has 0 aliphatic heterocycles. The van der Waals surface area contributed by atoms with E-state index in [9.17, 15) is 19.0 Å². The van der Waals surface area contributed by atoms with Crippen LogP contribution in [0.15, 0.2) is 85.1 Å². The molecular formula is C57H100NO8P. The molecule has 0 aromatic carbocycles. The van der Waals surface area contributed by atoms with E-state index in [4.69, 9.17) is 24.3 Å². The first-order chi connectivity index (χ1) is 32.8. The molecule has 0 saturated carbocycles. The highest BCUT2D eigenvalue weighted by Gasteiger charge is 2.26. The fraction of sp³-hybridized carbons (Fsp3) is 0.719. The molecule has 0 bridgehead atoms. The summed E-state index contributed by atoms with van der Waals surface area (Å²) in [5.74, 6) is -0.925. The lowest BCUT2D eigenvalue weighted by Gasteiger charge is -2.19. The molecule has 0 spiro atoms. The van der Waals surface area contributed by atoms with Crippen LogP contribution in [0.5, 0.6) is 0 Å². The number of ether oxygens (including phenoxy) is 2. The highest BCUT2D eigenvalue weighted by Crippen LogP contribution is 2.43. The number of hydrogen-bond acceptors (Lipinski definition) is 8. The maximum atomic E-state index is 12.6. The highest BCUT2D eigenvalue weighted by atomic mass is 31.2. The molecule has 0 radical (unpaired) electrons. The summed E-state index contributed by atoms with van der Waals surface area (Å²) >= 11 is 0. The summed E-state index contributed by atoms with van der Waals surface area (Å²) in [5, 5.41) is 0. The van der Waals surface area contributed by atoms with Gasteiger partial charge >= 0.3 is 19.8 Å².